The topological polar surface area (TPSA) is 89.0 Å². The number of thioether (sulfide) groups is 1. The largest absolute Gasteiger partial charge is 0.433 e. The number of hydrogen-bond acceptors (Lipinski definition) is 5. The standard InChI is InChI=1S/C15H18F2N4O3S/c1-3-8-21-14(23)19-20-15(21)25-9(2)12(22)18-10-6-4-5-7-11(10)24-13(16)17/h4-7,9,13H,3,8H2,1-2H3,(H,18,22)(H,19,23)/t9-/m0/s1. The highest BCUT2D eigenvalue weighted by Crippen LogP contribution is 2.27. The van der Waals surface area contributed by atoms with Crippen molar-refractivity contribution in [1.82, 2.24) is 14.8 Å². The van der Waals surface area contributed by atoms with E-state index < -0.39 is 17.8 Å². The summed E-state index contributed by atoms with van der Waals surface area (Å²) in [5.74, 6) is -0.542. The van der Waals surface area contributed by atoms with Crippen molar-refractivity contribution in [2.24, 2.45) is 0 Å². The van der Waals surface area contributed by atoms with Crippen LogP contribution in [0.2, 0.25) is 0 Å². The van der Waals surface area contributed by atoms with Gasteiger partial charge in [0.15, 0.2) is 5.16 Å². The van der Waals surface area contributed by atoms with Gasteiger partial charge in [0, 0.05) is 6.54 Å². The molecular weight excluding hydrogens is 354 g/mol. The highest BCUT2D eigenvalue weighted by atomic mass is 32.2. The summed E-state index contributed by atoms with van der Waals surface area (Å²) < 4.78 is 30.7. The Morgan fingerprint density at radius 3 is 2.84 bits per heavy atom. The summed E-state index contributed by atoms with van der Waals surface area (Å²) in [4.78, 5) is 24.0. The number of nitrogens with zero attached hydrogens (tertiary/aromatic N) is 2. The molecule has 2 N–H and O–H groups in total. The van der Waals surface area contributed by atoms with Crippen LogP contribution < -0.4 is 15.7 Å². The fourth-order valence-corrected chi connectivity index (χ4v) is 2.91. The molecule has 1 amide bonds. The molecule has 136 valence electrons. The summed E-state index contributed by atoms with van der Waals surface area (Å²) in [7, 11) is 0. The Hall–Kier alpha value is -2.36. The van der Waals surface area contributed by atoms with Crippen LogP contribution in [-0.2, 0) is 11.3 Å². The molecule has 0 unspecified atom stereocenters. The predicted octanol–water partition coefficient (Wildman–Crippen LogP) is 2.70. The first-order valence-electron chi connectivity index (χ1n) is 7.59. The number of para-hydroxylation sites is 2. The van der Waals surface area contributed by atoms with E-state index in [4.69, 9.17) is 0 Å². The number of benzene rings is 1. The van der Waals surface area contributed by atoms with Gasteiger partial charge in [0.05, 0.1) is 10.9 Å². The van der Waals surface area contributed by atoms with Crippen LogP contribution in [0.5, 0.6) is 5.75 Å². The molecule has 0 saturated heterocycles. The molecule has 1 aromatic heterocycles. The normalized spacial score (nSPS) is 12.2. The highest BCUT2D eigenvalue weighted by Gasteiger charge is 2.20. The third-order valence-electron chi connectivity index (χ3n) is 3.18. The molecule has 0 fully saturated rings. The molecule has 1 heterocycles. The van der Waals surface area contributed by atoms with Gasteiger partial charge in [0.2, 0.25) is 5.91 Å². The summed E-state index contributed by atoms with van der Waals surface area (Å²) in [5.41, 5.74) is -0.194. The lowest BCUT2D eigenvalue weighted by molar-refractivity contribution is -0.115. The fourth-order valence-electron chi connectivity index (χ4n) is 2.03. The lowest BCUT2D eigenvalue weighted by Gasteiger charge is -2.14. The second kappa shape index (κ2) is 8.65. The number of alkyl halides is 2. The first kappa shape index (κ1) is 19.0. The summed E-state index contributed by atoms with van der Waals surface area (Å²) in [6, 6.07) is 5.93. The molecule has 0 radical (unpaired) electrons. The van der Waals surface area contributed by atoms with Gasteiger partial charge in [-0.25, -0.2) is 9.89 Å². The van der Waals surface area contributed by atoms with Crippen molar-refractivity contribution in [1.29, 1.82) is 0 Å². The van der Waals surface area contributed by atoms with Gasteiger partial charge in [-0.1, -0.05) is 30.8 Å². The van der Waals surface area contributed by atoms with Crippen LogP contribution in [0.1, 0.15) is 20.3 Å². The number of carbonyl (C=O) groups excluding carboxylic acids is 1. The summed E-state index contributed by atoms with van der Waals surface area (Å²) >= 11 is 1.10. The Morgan fingerprint density at radius 1 is 1.44 bits per heavy atom. The fraction of sp³-hybridized carbons (Fsp3) is 0.400. The quantitative estimate of drug-likeness (QED) is 0.696. The van der Waals surface area contributed by atoms with Gasteiger partial charge in [-0.15, -0.1) is 5.10 Å². The Bertz CT molecular complexity index is 778. The van der Waals surface area contributed by atoms with E-state index in [1.807, 2.05) is 6.92 Å². The maximum absolute atomic E-state index is 12.4. The number of hydrogen-bond donors (Lipinski definition) is 2. The number of ether oxygens (including phenoxy) is 1. The van der Waals surface area contributed by atoms with Crippen LogP contribution >= 0.6 is 11.8 Å². The number of anilines is 1. The number of halogens is 2. The van der Waals surface area contributed by atoms with Gasteiger partial charge < -0.3 is 10.1 Å². The van der Waals surface area contributed by atoms with Crippen molar-refractivity contribution in [2.45, 2.75) is 43.8 Å². The SMILES string of the molecule is CCCn1c(S[C@@H](C)C(=O)Nc2ccccc2OC(F)F)n[nH]c1=O. The van der Waals surface area contributed by atoms with Crippen LogP contribution in [0.25, 0.3) is 0 Å². The Morgan fingerprint density at radius 2 is 2.16 bits per heavy atom. The predicted molar refractivity (Wildman–Crippen MR) is 90.2 cm³/mol. The van der Waals surface area contributed by atoms with Crippen molar-refractivity contribution in [2.75, 3.05) is 5.32 Å². The monoisotopic (exact) mass is 372 g/mol. The van der Waals surface area contributed by atoms with Gasteiger partial charge in [-0.2, -0.15) is 8.78 Å². The molecule has 10 heteroatoms. The molecule has 0 bridgehead atoms. The van der Waals surface area contributed by atoms with Gasteiger partial charge in [-0.05, 0) is 25.5 Å². The smallest absolute Gasteiger partial charge is 0.387 e. The molecule has 0 spiro atoms. The number of H-pyrrole nitrogens is 1. The second-order valence-electron chi connectivity index (χ2n) is 5.09. The minimum absolute atomic E-state index is 0.120. The second-order valence-corrected chi connectivity index (χ2v) is 6.39. The van der Waals surface area contributed by atoms with Crippen LogP contribution in [0.4, 0.5) is 14.5 Å². The van der Waals surface area contributed by atoms with Crippen molar-refractivity contribution in [3.8, 4) is 5.75 Å². The van der Waals surface area contributed by atoms with E-state index >= 15 is 0 Å². The van der Waals surface area contributed by atoms with Gasteiger partial charge in [0.25, 0.3) is 0 Å². The van der Waals surface area contributed by atoms with E-state index in [9.17, 15) is 18.4 Å². The number of amides is 1. The zero-order valence-electron chi connectivity index (χ0n) is 13.7. The van der Waals surface area contributed by atoms with E-state index in [-0.39, 0.29) is 17.1 Å². The average molecular weight is 372 g/mol. The number of rotatable bonds is 8. The number of carbonyl (C=O) groups is 1. The Kier molecular flexibility index (Phi) is 6.57. The Labute approximate surface area is 146 Å². The lowest BCUT2D eigenvalue weighted by atomic mass is 10.3. The van der Waals surface area contributed by atoms with Gasteiger partial charge >= 0.3 is 12.3 Å². The van der Waals surface area contributed by atoms with E-state index in [1.54, 1.807) is 13.0 Å². The molecule has 7 nitrogen and oxygen atoms in total. The minimum atomic E-state index is -2.99. The van der Waals surface area contributed by atoms with Crippen LogP contribution in [0, 0.1) is 0 Å². The summed E-state index contributed by atoms with van der Waals surface area (Å²) in [6.07, 6.45) is 0.742. The van der Waals surface area contributed by atoms with Crippen LogP contribution in [0.15, 0.2) is 34.2 Å². The molecule has 0 aliphatic rings. The van der Waals surface area contributed by atoms with E-state index in [1.165, 1.54) is 22.8 Å². The number of aromatic nitrogens is 3. The number of aromatic amines is 1. The molecule has 0 aliphatic heterocycles. The van der Waals surface area contributed by atoms with Crippen molar-refractivity contribution >= 4 is 23.4 Å². The molecule has 0 saturated carbocycles. The molecule has 2 aromatic rings. The van der Waals surface area contributed by atoms with E-state index in [2.05, 4.69) is 20.3 Å². The minimum Gasteiger partial charge on any atom is -0.433 e. The Balaban J connectivity index is 2.08. The van der Waals surface area contributed by atoms with Crippen LogP contribution in [-0.4, -0.2) is 32.5 Å². The summed E-state index contributed by atoms with van der Waals surface area (Å²) in [6.45, 7) is 1.05. The van der Waals surface area contributed by atoms with E-state index in [0.29, 0.717) is 11.7 Å². The van der Waals surface area contributed by atoms with Gasteiger partial charge in [0.1, 0.15) is 5.75 Å². The first-order valence-corrected chi connectivity index (χ1v) is 8.47. The van der Waals surface area contributed by atoms with Gasteiger partial charge in [-0.3, -0.25) is 9.36 Å². The third-order valence-corrected chi connectivity index (χ3v) is 4.27. The zero-order chi connectivity index (χ0) is 18.4. The number of nitrogens with one attached hydrogen (secondary N) is 2. The molecule has 1 aromatic carbocycles. The molecule has 0 aliphatic carbocycles. The molecular formula is C15H18F2N4O3S. The van der Waals surface area contributed by atoms with Crippen molar-refractivity contribution < 1.29 is 18.3 Å². The van der Waals surface area contributed by atoms with Crippen LogP contribution in [0.3, 0.4) is 0 Å². The average Bonchev–Trinajstić information content (AvgIpc) is 2.89. The van der Waals surface area contributed by atoms with Crippen molar-refractivity contribution in [3.05, 3.63) is 34.7 Å². The zero-order valence-corrected chi connectivity index (χ0v) is 14.5. The maximum atomic E-state index is 12.4. The molecule has 2 rings (SSSR count). The third kappa shape index (κ3) is 5.05. The summed E-state index contributed by atoms with van der Waals surface area (Å²) in [5, 5.41) is 8.59. The molecule has 1 atom stereocenters. The lowest BCUT2D eigenvalue weighted by Crippen LogP contribution is -2.24. The highest BCUT2D eigenvalue weighted by molar-refractivity contribution is 8.00. The molecule has 25 heavy (non-hydrogen) atoms. The first-order chi connectivity index (χ1) is 11.9. The van der Waals surface area contributed by atoms with Crippen molar-refractivity contribution in [3.63, 3.8) is 0 Å². The maximum Gasteiger partial charge on any atom is 0.387 e. The van der Waals surface area contributed by atoms with E-state index in [0.717, 1.165) is 18.2 Å².